The first kappa shape index (κ1) is 15.9. The Balaban J connectivity index is 3.22. The van der Waals surface area contributed by atoms with Gasteiger partial charge >= 0.3 is 5.97 Å². The van der Waals surface area contributed by atoms with E-state index in [1.165, 1.54) is 7.11 Å². The van der Waals surface area contributed by atoms with Crippen molar-refractivity contribution >= 4 is 11.9 Å². The summed E-state index contributed by atoms with van der Waals surface area (Å²) in [6, 6.07) is 0. The SMILES string of the molecule is CCOCCC(=O)NCCCCCC(=O)OC. The molecule has 0 saturated carbocycles. The number of carbonyl (C=O) groups is 2. The zero-order chi connectivity index (χ0) is 12.9. The van der Waals surface area contributed by atoms with Crippen LogP contribution in [0.2, 0.25) is 0 Å². The fourth-order valence-corrected chi connectivity index (χ4v) is 1.30. The lowest BCUT2D eigenvalue weighted by molar-refractivity contribution is -0.140. The van der Waals surface area contributed by atoms with E-state index in [-0.39, 0.29) is 11.9 Å². The first-order valence-corrected chi connectivity index (χ1v) is 6.12. The average Bonchev–Trinajstić information content (AvgIpc) is 2.33. The van der Waals surface area contributed by atoms with E-state index in [1.54, 1.807) is 0 Å². The van der Waals surface area contributed by atoms with Gasteiger partial charge in [0.15, 0.2) is 0 Å². The molecular formula is C12H23NO4. The highest BCUT2D eigenvalue weighted by atomic mass is 16.5. The van der Waals surface area contributed by atoms with Crippen LogP contribution in [0.5, 0.6) is 0 Å². The number of hydrogen-bond donors (Lipinski definition) is 1. The van der Waals surface area contributed by atoms with Gasteiger partial charge in [-0.15, -0.1) is 0 Å². The molecule has 0 saturated heterocycles. The Labute approximate surface area is 103 Å². The predicted octanol–water partition coefficient (Wildman–Crippen LogP) is 1.26. The van der Waals surface area contributed by atoms with E-state index < -0.39 is 0 Å². The zero-order valence-corrected chi connectivity index (χ0v) is 10.8. The van der Waals surface area contributed by atoms with Crippen molar-refractivity contribution in [2.45, 2.75) is 39.0 Å². The first-order chi connectivity index (χ1) is 8.20. The van der Waals surface area contributed by atoms with Crippen molar-refractivity contribution in [2.75, 3.05) is 26.9 Å². The summed E-state index contributed by atoms with van der Waals surface area (Å²) in [6.45, 7) is 3.68. The third kappa shape index (κ3) is 11.2. The van der Waals surface area contributed by atoms with Crippen LogP contribution >= 0.6 is 0 Å². The second-order valence-electron chi connectivity index (χ2n) is 3.68. The summed E-state index contributed by atoms with van der Waals surface area (Å²) in [6.07, 6.45) is 3.48. The molecule has 0 atom stereocenters. The van der Waals surface area contributed by atoms with Gasteiger partial charge in [0.25, 0.3) is 0 Å². The van der Waals surface area contributed by atoms with Crippen molar-refractivity contribution < 1.29 is 19.1 Å². The van der Waals surface area contributed by atoms with Gasteiger partial charge in [-0.2, -0.15) is 0 Å². The van der Waals surface area contributed by atoms with Crippen LogP contribution in [-0.4, -0.2) is 38.7 Å². The number of methoxy groups -OCH3 is 1. The zero-order valence-electron chi connectivity index (χ0n) is 10.8. The topological polar surface area (TPSA) is 64.6 Å². The Bertz CT molecular complexity index is 219. The summed E-state index contributed by atoms with van der Waals surface area (Å²) >= 11 is 0. The molecule has 0 aromatic carbocycles. The Kier molecular flexibility index (Phi) is 10.7. The standard InChI is InChI=1S/C12H23NO4/c1-3-17-10-8-11(14)13-9-6-4-5-7-12(15)16-2/h3-10H2,1-2H3,(H,13,14). The van der Waals surface area contributed by atoms with Gasteiger partial charge in [-0.3, -0.25) is 9.59 Å². The summed E-state index contributed by atoms with van der Waals surface area (Å²) < 4.78 is 9.60. The predicted molar refractivity (Wildman–Crippen MR) is 64.6 cm³/mol. The molecule has 0 rings (SSSR count). The fraction of sp³-hybridized carbons (Fsp3) is 0.833. The summed E-state index contributed by atoms with van der Waals surface area (Å²) in [5, 5.41) is 2.81. The lowest BCUT2D eigenvalue weighted by Gasteiger charge is -2.05. The highest BCUT2D eigenvalue weighted by molar-refractivity contribution is 5.75. The molecule has 17 heavy (non-hydrogen) atoms. The molecule has 0 bridgehead atoms. The van der Waals surface area contributed by atoms with Crippen molar-refractivity contribution in [1.82, 2.24) is 5.32 Å². The Hall–Kier alpha value is -1.10. The maximum Gasteiger partial charge on any atom is 0.305 e. The molecule has 0 fully saturated rings. The quantitative estimate of drug-likeness (QED) is 0.465. The van der Waals surface area contributed by atoms with Gasteiger partial charge in [-0.1, -0.05) is 6.42 Å². The highest BCUT2D eigenvalue weighted by Crippen LogP contribution is 2.00. The number of hydrogen-bond acceptors (Lipinski definition) is 4. The van der Waals surface area contributed by atoms with Crippen LogP contribution in [-0.2, 0) is 19.1 Å². The van der Waals surface area contributed by atoms with E-state index in [0.29, 0.717) is 32.6 Å². The lowest BCUT2D eigenvalue weighted by atomic mass is 10.2. The van der Waals surface area contributed by atoms with Crippen molar-refractivity contribution in [3.05, 3.63) is 0 Å². The smallest absolute Gasteiger partial charge is 0.305 e. The third-order valence-corrected chi connectivity index (χ3v) is 2.29. The van der Waals surface area contributed by atoms with E-state index in [0.717, 1.165) is 19.3 Å². The molecule has 100 valence electrons. The second kappa shape index (κ2) is 11.4. The van der Waals surface area contributed by atoms with E-state index in [9.17, 15) is 9.59 Å². The van der Waals surface area contributed by atoms with Gasteiger partial charge in [0.1, 0.15) is 0 Å². The number of ether oxygens (including phenoxy) is 2. The number of amides is 1. The van der Waals surface area contributed by atoms with Crippen molar-refractivity contribution in [3.63, 3.8) is 0 Å². The van der Waals surface area contributed by atoms with Crippen LogP contribution in [0.4, 0.5) is 0 Å². The van der Waals surface area contributed by atoms with Gasteiger partial charge in [0.2, 0.25) is 5.91 Å². The molecule has 0 heterocycles. The van der Waals surface area contributed by atoms with Gasteiger partial charge in [0, 0.05) is 26.0 Å². The van der Waals surface area contributed by atoms with Crippen LogP contribution < -0.4 is 5.32 Å². The third-order valence-electron chi connectivity index (χ3n) is 2.29. The molecule has 0 aliphatic heterocycles. The van der Waals surface area contributed by atoms with E-state index in [1.807, 2.05) is 6.92 Å². The fourth-order valence-electron chi connectivity index (χ4n) is 1.30. The van der Waals surface area contributed by atoms with Crippen LogP contribution in [0.15, 0.2) is 0 Å². The largest absolute Gasteiger partial charge is 0.469 e. The van der Waals surface area contributed by atoms with Gasteiger partial charge in [0.05, 0.1) is 13.7 Å². The summed E-state index contributed by atoms with van der Waals surface area (Å²) in [4.78, 5) is 22.0. The Morgan fingerprint density at radius 1 is 1.12 bits per heavy atom. The number of esters is 1. The molecule has 1 N–H and O–H groups in total. The van der Waals surface area contributed by atoms with Gasteiger partial charge in [-0.25, -0.2) is 0 Å². The average molecular weight is 245 g/mol. The van der Waals surface area contributed by atoms with E-state index >= 15 is 0 Å². The highest BCUT2D eigenvalue weighted by Gasteiger charge is 2.01. The van der Waals surface area contributed by atoms with Crippen LogP contribution in [0.3, 0.4) is 0 Å². The van der Waals surface area contributed by atoms with Crippen LogP contribution in [0, 0.1) is 0 Å². The minimum absolute atomic E-state index is 0.0198. The van der Waals surface area contributed by atoms with Crippen molar-refractivity contribution in [3.8, 4) is 0 Å². The number of rotatable bonds is 10. The minimum Gasteiger partial charge on any atom is -0.469 e. The monoisotopic (exact) mass is 245 g/mol. The van der Waals surface area contributed by atoms with Gasteiger partial charge in [-0.05, 0) is 19.8 Å². The minimum atomic E-state index is -0.175. The van der Waals surface area contributed by atoms with Crippen LogP contribution in [0.1, 0.15) is 39.0 Å². The number of carbonyl (C=O) groups excluding carboxylic acids is 2. The number of nitrogens with one attached hydrogen (secondary N) is 1. The summed E-state index contributed by atoms with van der Waals surface area (Å²) in [5.74, 6) is -0.155. The van der Waals surface area contributed by atoms with Crippen molar-refractivity contribution in [1.29, 1.82) is 0 Å². The first-order valence-electron chi connectivity index (χ1n) is 6.12. The second-order valence-corrected chi connectivity index (χ2v) is 3.68. The maximum atomic E-state index is 11.2. The molecule has 5 nitrogen and oxygen atoms in total. The molecule has 0 aliphatic carbocycles. The normalized spacial score (nSPS) is 10.0. The maximum absolute atomic E-state index is 11.2. The molecule has 0 aliphatic rings. The molecule has 0 aromatic rings. The lowest BCUT2D eigenvalue weighted by Crippen LogP contribution is -2.25. The number of unbranched alkanes of at least 4 members (excludes halogenated alkanes) is 2. The van der Waals surface area contributed by atoms with Gasteiger partial charge < -0.3 is 14.8 Å². The molecule has 0 radical (unpaired) electrons. The van der Waals surface area contributed by atoms with E-state index in [4.69, 9.17) is 4.74 Å². The molecule has 0 spiro atoms. The molecule has 5 heteroatoms. The summed E-state index contributed by atoms with van der Waals surface area (Å²) in [7, 11) is 1.39. The molecular weight excluding hydrogens is 222 g/mol. The van der Waals surface area contributed by atoms with Crippen LogP contribution in [0.25, 0.3) is 0 Å². The van der Waals surface area contributed by atoms with Crippen molar-refractivity contribution in [2.24, 2.45) is 0 Å². The Morgan fingerprint density at radius 3 is 2.53 bits per heavy atom. The Morgan fingerprint density at radius 2 is 1.88 bits per heavy atom. The molecule has 0 aromatic heterocycles. The molecule has 1 amide bonds. The van der Waals surface area contributed by atoms with E-state index in [2.05, 4.69) is 10.1 Å². The summed E-state index contributed by atoms with van der Waals surface area (Å²) in [5.41, 5.74) is 0. The molecule has 0 unspecified atom stereocenters.